The number of carbonyl (C=O) groups excluding carboxylic acids is 1. The minimum atomic E-state index is -3.79. The van der Waals surface area contributed by atoms with Crippen LogP contribution < -0.4 is 0 Å². The summed E-state index contributed by atoms with van der Waals surface area (Å²) in [7, 11) is -2.33. The summed E-state index contributed by atoms with van der Waals surface area (Å²) in [6, 6.07) is -0.509. The third kappa shape index (κ3) is 4.05. The van der Waals surface area contributed by atoms with Gasteiger partial charge < -0.3 is 4.90 Å². The maximum absolute atomic E-state index is 12.3. The topological polar surface area (TPSA) is 88.4 Å². The van der Waals surface area contributed by atoms with Crippen LogP contribution in [-0.2, 0) is 10.0 Å². The molecule has 22 heavy (non-hydrogen) atoms. The van der Waals surface area contributed by atoms with Crippen molar-refractivity contribution in [2.45, 2.75) is 31.8 Å². The highest BCUT2D eigenvalue weighted by atomic mass is 32.2. The molecule has 1 aromatic rings. The molecule has 0 N–H and O–H groups in total. The molecular formula is C13H21N5O3S. The monoisotopic (exact) mass is 327 g/mol. The van der Waals surface area contributed by atoms with Crippen LogP contribution >= 0.6 is 0 Å². The Labute approximate surface area is 131 Å². The highest BCUT2D eigenvalue weighted by molar-refractivity contribution is 7.88. The van der Waals surface area contributed by atoms with E-state index in [1.807, 2.05) is 6.92 Å². The van der Waals surface area contributed by atoms with Gasteiger partial charge in [0.15, 0.2) is 0 Å². The van der Waals surface area contributed by atoms with Gasteiger partial charge in [-0.25, -0.2) is 18.2 Å². The molecule has 1 rings (SSSR count). The first-order chi connectivity index (χ1) is 10.4. The molecule has 0 saturated heterocycles. The van der Waals surface area contributed by atoms with Gasteiger partial charge in [0, 0.05) is 20.1 Å². The van der Waals surface area contributed by atoms with Crippen LogP contribution in [0.4, 0.5) is 4.79 Å². The number of hydrogen-bond acceptors (Lipinski definition) is 5. The Morgan fingerprint density at radius 3 is 2.68 bits per heavy atom. The fraction of sp³-hybridized carbons (Fsp3) is 0.615. The van der Waals surface area contributed by atoms with Crippen LogP contribution in [0.3, 0.4) is 0 Å². The molecule has 0 spiro atoms. The molecule has 9 heteroatoms. The first kappa shape index (κ1) is 18.1. The molecule has 1 aromatic heterocycles. The number of hydrogen-bond donors (Lipinski definition) is 0. The highest BCUT2D eigenvalue weighted by Gasteiger charge is 2.26. The summed E-state index contributed by atoms with van der Waals surface area (Å²) in [5, 5.41) is 3.39. The molecule has 122 valence electrons. The second kappa shape index (κ2) is 7.91. The fourth-order valence-electron chi connectivity index (χ4n) is 1.67. The van der Waals surface area contributed by atoms with Crippen molar-refractivity contribution in [1.82, 2.24) is 24.0 Å². The summed E-state index contributed by atoms with van der Waals surface area (Å²) in [5.74, 6) is 2.36. The molecule has 0 aromatic carbocycles. The van der Waals surface area contributed by atoms with Crippen molar-refractivity contribution < 1.29 is 13.2 Å². The predicted octanol–water partition coefficient (Wildman–Crippen LogP) is 0.622. The first-order valence-electron chi connectivity index (χ1n) is 6.99. The number of sulfonamides is 1. The summed E-state index contributed by atoms with van der Waals surface area (Å²) in [4.78, 5) is 17.2. The summed E-state index contributed by atoms with van der Waals surface area (Å²) >= 11 is 0. The summed E-state index contributed by atoms with van der Waals surface area (Å²) in [6.45, 7) is 4.62. The van der Waals surface area contributed by atoms with Crippen LogP contribution in [0.15, 0.2) is 11.5 Å². The van der Waals surface area contributed by atoms with Crippen LogP contribution in [0, 0.1) is 12.3 Å². The number of rotatable bonds is 7. The van der Waals surface area contributed by atoms with Crippen LogP contribution in [0.5, 0.6) is 0 Å². The van der Waals surface area contributed by atoms with Crippen molar-refractivity contribution in [2.24, 2.45) is 0 Å². The normalized spacial score (nSPS) is 11.4. The summed E-state index contributed by atoms with van der Waals surface area (Å²) in [6.07, 6.45) is 7.89. The number of carbonyl (C=O) groups is 1. The van der Waals surface area contributed by atoms with Crippen molar-refractivity contribution in [3.05, 3.63) is 6.33 Å². The molecule has 0 fully saturated rings. The van der Waals surface area contributed by atoms with E-state index >= 15 is 0 Å². The van der Waals surface area contributed by atoms with Crippen LogP contribution in [0.25, 0.3) is 0 Å². The maximum atomic E-state index is 12.3. The Morgan fingerprint density at radius 1 is 1.45 bits per heavy atom. The number of amides is 1. The van der Waals surface area contributed by atoms with Crippen molar-refractivity contribution in [3.8, 4) is 12.3 Å². The fourth-order valence-corrected chi connectivity index (χ4v) is 2.69. The molecule has 0 radical (unpaired) electrons. The van der Waals surface area contributed by atoms with Gasteiger partial charge in [-0.2, -0.15) is 8.99 Å². The SMILES string of the molecule is C#CCN(CC)C(=O)n1cnc(S(=O)(=O)N(C)CCCC)n1. The van der Waals surface area contributed by atoms with E-state index in [-0.39, 0.29) is 6.54 Å². The minimum Gasteiger partial charge on any atom is -0.312 e. The van der Waals surface area contributed by atoms with Gasteiger partial charge in [-0.1, -0.05) is 19.3 Å². The first-order valence-corrected chi connectivity index (χ1v) is 8.43. The van der Waals surface area contributed by atoms with Crippen molar-refractivity contribution in [1.29, 1.82) is 0 Å². The largest absolute Gasteiger partial charge is 0.346 e. The number of aromatic nitrogens is 3. The third-order valence-corrected chi connectivity index (χ3v) is 4.72. The van der Waals surface area contributed by atoms with E-state index in [0.717, 1.165) is 23.9 Å². The molecule has 1 amide bonds. The summed E-state index contributed by atoms with van der Waals surface area (Å²) in [5.41, 5.74) is 0. The van der Waals surface area contributed by atoms with Crippen LogP contribution in [0.1, 0.15) is 26.7 Å². The van der Waals surface area contributed by atoms with E-state index < -0.39 is 21.2 Å². The van der Waals surface area contributed by atoms with Gasteiger partial charge in [0.1, 0.15) is 6.33 Å². The Balaban J connectivity index is 2.96. The quantitative estimate of drug-likeness (QED) is 0.685. The Hall–Kier alpha value is -1.92. The van der Waals surface area contributed by atoms with Crippen LogP contribution in [0.2, 0.25) is 0 Å². The maximum Gasteiger partial charge on any atom is 0.346 e. The van der Waals surface area contributed by atoms with E-state index in [1.165, 1.54) is 16.3 Å². The number of nitrogens with zero attached hydrogens (tertiary/aromatic N) is 5. The molecule has 1 heterocycles. The van der Waals surface area contributed by atoms with Gasteiger partial charge in [-0.15, -0.1) is 11.5 Å². The van der Waals surface area contributed by atoms with Crippen LogP contribution in [-0.4, -0.2) is 65.1 Å². The average Bonchev–Trinajstić information content (AvgIpc) is 3.00. The van der Waals surface area contributed by atoms with Crippen molar-refractivity contribution in [3.63, 3.8) is 0 Å². The second-order valence-corrected chi connectivity index (χ2v) is 6.59. The van der Waals surface area contributed by atoms with E-state index in [2.05, 4.69) is 16.0 Å². The van der Waals surface area contributed by atoms with Gasteiger partial charge in [0.25, 0.3) is 15.2 Å². The van der Waals surface area contributed by atoms with E-state index in [4.69, 9.17) is 6.42 Å². The molecule has 0 aliphatic heterocycles. The Bertz CT molecular complexity index is 647. The minimum absolute atomic E-state index is 0.119. The van der Waals surface area contributed by atoms with Gasteiger partial charge >= 0.3 is 6.03 Å². The highest BCUT2D eigenvalue weighted by Crippen LogP contribution is 2.10. The van der Waals surface area contributed by atoms with Gasteiger partial charge in [-0.3, -0.25) is 0 Å². The Kier molecular flexibility index (Phi) is 6.52. The van der Waals surface area contributed by atoms with Gasteiger partial charge in [0.05, 0.1) is 6.54 Å². The molecule has 0 aliphatic rings. The van der Waals surface area contributed by atoms with Crippen molar-refractivity contribution >= 4 is 16.1 Å². The zero-order valence-electron chi connectivity index (χ0n) is 13.1. The molecule has 0 atom stereocenters. The van der Waals surface area contributed by atoms with E-state index in [0.29, 0.717) is 13.1 Å². The summed E-state index contributed by atoms with van der Waals surface area (Å²) < 4.78 is 26.6. The lowest BCUT2D eigenvalue weighted by molar-refractivity contribution is 0.204. The molecular weight excluding hydrogens is 306 g/mol. The third-order valence-electron chi connectivity index (χ3n) is 3.07. The molecule has 8 nitrogen and oxygen atoms in total. The van der Waals surface area contributed by atoms with E-state index in [9.17, 15) is 13.2 Å². The predicted molar refractivity (Wildman–Crippen MR) is 81.6 cm³/mol. The molecule has 0 unspecified atom stereocenters. The van der Waals surface area contributed by atoms with E-state index in [1.54, 1.807) is 6.92 Å². The Morgan fingerprint density at radius 2 is 2.14 bits per heavy atom. The van der Waals surface area contributed by atoms with Gasteiger partial charge in [-0.05, 0) is 13.3 Å². The molecule has 0 aliphatic carbocycles. The van der Waals surface area contributed by atoms with Crippen molar-refractivity contribution in [2.75, 3.05) is 26.7 Å². The number of unbranched alkanes of at least 4 members (excludes halogenated alkanes) is 1. The zero-order valence-corrected chi connectivity index (χ0v) is 13.9. The average molecular weight is 327 g/mol. The number of terminal acetylenes is 1. The molecule has 0 saturated carbocycles. The lowest BCUT2D eigenvalue weighted by Crippen LogP contribution is -2.35. The lowest BCUT2D eigenvalue weighted by atomic mass is 10.3. The second-order valence-electron chi connectivity index (χ2n) is 4.65. The van der Waals surface area contributed by atoms with Gasteiger partial charge in [0.2, 0.25) is 0 Å². The smallest absolute Gasteiger partial charge is 0.312 e. The lowest BCUT2D eigenvalue weighted by Gasteiger charge is -2.16. The standard InChI is InChI=1S/C13H21N5O3S/c1-5-8-10-16(4)22(20,21)12-14-11-18(15-12)13(19)17(7-3)9-6-2/h2,11H,5,7-10H2,1,3-4H3. The zero-order chi connectivity index (χ0) is 16.8. The molecule has 0 bridgehead atoms.